The summed E-state index contributed by atoms with van der Waals surface area (Å²) in [4.78, 5) is 22.3. The fourth-order valence-electron chi connectivity index (χ4n) is 1.60. The van der Waals surface area contributed by atoms with Crippen LogP contribution in [0.3, 0.4) is 0 Å². The number of aromatic nitrogens is 2. The molecule has 0 atom stereocenters. The Morgan fingerprint density at radius 1 is 1.35 bits per heavy atom. The Kier molecular flexibility index (Phi) is 4.68. The number of hydrogen-bond acceptors (Lipinski definition) is 3. The second kappa shape index (κ2) is 6.03. The lowest BCUT2D eigenvalue weighted by atomic mass is 10.2. The van der Waals surface area contributed by atoms with Crippen molar-refractivity contribution in [1.29, 1.82) is 0 Å². The number of nitrogens with two attached hydrogens (primary N) is 1. The van der Waals surface area contributed by atoms with Gasteiger partial charge in [0.2, 0.25) is 5.91 Å². The molecule has 0 bridgehead atoms. The molecule has 6 nitrogen and oxygen atoms in total. The second-order valence-corrected chi connectivity index (χ2v) is 3.99. The zero-order valence-corrected chi connectivity index (χ0v) is 10.2. The molecule has 0 aliphatic carbocycles. The van der Waals surface area contributed by atoms with Gasteiger partial charge in [0.05, 0.1) is 11.3 Å². The summed E-state index contributed by atoms with van der Waals surface area (Å²) in [6, 6.07) is 0. The van der Waals surface area contributed by atoms with Crippen LogP contribution in [-0.2, 0) is 4.79 Å². The van der Waals surface area contributed by atoms with E-state index in [1.807, 2.05) is 6.92 Å². The number of carbonyl (C=O) groups is 2. The van der Waals surface area contributed by atoms with Gasteiger partial charge in [0.25, 0.3) is 5.91 Å². The molecule has 94 valence electrons. The maximum Gasteiger partial charge on any atom is 0.255 e. The van der Waals surface area contributed by atoms with Gasteiger partial charge in [0.1, 0.15) is 0 Å². The highest BCUT2D eigenvalue weighted by Gasteiger charge is 2.14. The Bertz CT molecular complexity index is 392. The van der Waals surface area contributed by atoms with Crippen LogP contribution in [0, 0.1) is 13.8 Å². The molecule has 4 N–H and O–H groups in total. The van der Waals surface area contributed by atoms with Crippen molar-refractivity contribution in [3.63, 3.8) is 0 Å². The van der Waals surface area contributed by atoms with E-state index in [0.29, 0.717) is 30.6 Å². The van der Waals surface area contributed by atoms with Crippen molar-refractivity contribution in [3.05, 3.63) is 17.0 Å². The smallest absolute Gasteiger partial charge is 0.255 e. The monoisotopic (exact) mass is 238 g/mol. The van der Waals surface area contributed by atoms with Crippen LogP contribution in [-0.4, -0.2) is 28.6 Å². The molecule has 0 aliphatic heterocycles. The minimum atomic E-state index is -0.308. The first-order valence-electron chi connectivity index (χ1n) is 5.60. The largest absolute Gasteiger partial charge is 0.370 e. The van der Waals surface area contributed by atoms with Crippen molar-refractivity contribution in [1.82, 2.24) is 15.5 Å². The van der Waals surface area contributed by atoms with Crippen LogP contribution in [0.4, 0.5) is 0 Å². The van der Waals surface area contributed by atoms with E-state index in [1.54, 1.807) is 6.92 Å². The zero-order valence-electron chi connectivity index (χ0n) is 10.2. The number of carbonyl (C=O) groups excluding carboxylic acids is 2. The van der Waals surface area contributed by atoms with Gasteiger partial charge >= 0.3 is 0 Å². The molecule has 0 aromatic carbocycles. The molecule has 17 heavy (non-hydrogen) atoms. The fraction of sp³-hybridized carbons (Fsp3) is 0.545. The highest BCUT2D eigenvalue weighted by atomic mass is 16.2. The maximum atomic E-state index is 11.8. The summed E-state index contributed by atoms with van der Waals surface area (Å²) in [5.74, 6) is -0.439. The maximum absolute atomic E-state index is 11.8. The zero-order chi connectivity index (χ0) is 12.8. The lowest BCUT2D eigenvalue weighted by molar-refractivity contribution is -0.118. The van der Waals surface area contributed by atoms with Crippen molar-refractivity contribution in [2.75, 3.05) is 6.54 Å². The molecule has 0 aliphatic rings. The highest BCUT2D eigenvalue weighted by molar-refractivity contribution is 5.96. The van der Waals surface area contributed by atoms with Gasteiger partial charge < -0.3 is 11.1 Å². The van der Waals surface area contributed by atoms with Gasteiger partial charge in [0, 0.05) is 18.7 Å². The fourth-order valence-corrected chi connectivity index (χ4v) is 1.60. The standard InChI is InChI=1S/C11H18N4O2/c1-7-10(8(2)15-14-7)11(17)13-6-4-3-5-9(12)16/h3-6H2,1-2H3,(H2,12,16)(H,13,17)(H,14,15). The lowest BCUT2D eigenvalue weighted by Crippen LogP contribution is -2.25. The molecule has 2 amide bonds. The van der Waals surface area contributed by atoms with Crippen LogP contribution in [0.15, 0.2) is 0 Å². The van der Waals surface area contributed by atoms with E-state index in [9.17, 15) is 9.59 Å². The van der Waals surface area contributed by atoms with Gasteiger partial charge in [-0.05, 0) is 26.7 Å². The number of nitrogens with zero attached hydrogens (tertiary/aromatic N) is 1. The topological polar surface area (TPSA) is 101 Å². The van der Waals surface area contributed by atoms with Crippen molar-refractivity contribution in [3.8, 4) is 0 Å². The number of unbranched alkanes of at least 4 members (excludes halogenated alkanes) is 1. The molecule has 1 aromatic rings. The molecule has 0 fully saturated rings. The Labute approximate surface area is 100.0 Å². The molecule has 1 aromatic heterocycles. The number of aryl methyl sites for hydroxylation is 2. The van der Waals surface area contributed by atoms with E-state index < -0.39 is 0 Å². The highest BCUT2D eigenvalue weighted by Crippen LogP contribution is 2.08. The third-order valence-electron chi connectivity index (χ3n) is 2.49. The van der Waals surface area contributed by atoms with Crippen LogP contribution < -0.4 is 11.1 Å². The van der Waals surface area contributed by atoms with E-state index >= 15 is 0 Å². The van der Waals surface area contributed by atoms with E-state index in [0.717, 1.165) is 12.1 Å². The average Bonchev–Trinajstić information content (AvgIpc) is 2.57. The second-order valence-electron chi connectivity index (χ2n) is 3.99. The number of nitrogens with one attached hydrogen (secondary N) is 2. The van der Waals surface area contributed by atoms with Crippen molar-refractivity contribution in [2.24, 2.45) is 5.73 Å². The molecule has 0 saturated heterocycles. The third-order valence-corrected chi connectivity index (χ3v) is 2.49. The summed E-state index contributed by atoms with van der Waals surface area (Å²) < 4.78 is 0. The predicted molar refractivity (Wildman–Crippen MR) is 63.4 cm³/mol. The van der Waals surface area contributed by atoms with E-state index in [4.69, 9.17) is 5.73 Å². The van der Waals surface area contributed by atoms with Gasteiger partial charge in [-0.1, -0.05) is 0 Å². The summed E-state index contributed by atoms with van der Waals surface area (Å²) in [7, 11) is 0. The summed E-state index contributed by atoms with van der Waals surface area (Å²) in [6.45, 7) is 4.13. The lowest BCUT2D eigenvalue weighted by Gasteiger charge is -2.04. The Morgan fingerprint density at radius 2 is 2.06 bits per heavy atom. The van der Waals surface area contributed by atoms with E-state index in [-0.39, 0.29) is 11.8 Å². The predicted octanol–water partition coefficient (Wildman–Crippen LogP) is 0.412. The number of H-pyrrole nitrogens is 1. The van der Waals surface area contributed by atoms with Gasteiger partial charge in [-0.2, -0.15) is 5.10 Å². The van der Waals surface area contributed by atoms with Crippen molar-refractivity contribution in [2.45, 2.75) is 33.1 Å². The molecule has 0 spiro atoms. The Hall–Kier alpha value is -1.85. The van der Waals surface area contributed by atoms with E-state index in [2.05, 4.69) is 15.5 Å². The first kappa shape index (κ1) is 13.2. The van der Waals surface area contributed by atoms with Crippen LogP contribution in [0.2, 0.25) is 0 Å². The molecule has 0 radical (unpaired) electrons. The number of aromatic amines is 1. The Morgan fingerprint density at radius 3 is 2.59 bits per heavy atom. The van der Waals surface area contributed by atoms with Crippen LogP contribution in [0.25, 0.3) is 0 Å². The molecular weight excluding hydrogens is 220 g/mol. The minimum absolute atomic E-state index is 0.132. The van der Waals surface area contributed by atoms with Crippen molar-refractivity contribution < 1.29 is 9.59 Å². The first-order chi connectivity index (χ1) is 8.02. The van der Waals surface area contributed by atoms with Crippen molar-refractivity contribution >= 4 is 11.8 Å². The molecule has 1 rings (SSSR count). The molecule has 6 heteroatoms. The minimum Gasteiger partial charge on any atom is -0.370 e. The first-order valence-corrected chi connectivity index (χ1v) is 5.60. The van der Waals surface area contributed by atoms with E-state index in [1.165, 1.54) is 0 Å². The molecule has 0 unspecified atom stereocenters. The number of hydrogen-bond donors (Lipinski definition) is 3. The molecule has 0 saturated carbocycles. The summed E-state index contributed by atoms with van der Waals surface area (Å²) in [5, 5.41) is 9.51. The number of amides is 2. The number of rotatable bonds is 6. The summed E-state index contributed by atoms with van der Waals surface area (Å²) in [5.41, 5.74) is 7.06. The summed E-state index contributed by atoms with van der Waals surface area (Å²) >= 11 is 0. The SMILES string of the molecule is Cc1n[nH]c(C)c1C(=O)NCCCCC(N)=O. The normalized spacial score (nSPS) is 10.2. The summed E-state index contributed by atoms with van der Waals surface area (Å²) in [6.07, 6.45) is 1.79. The van der Waals surface area contributed by atoms with Crippen LogP contribution in [0.1, 0.15) is 41.0 Å². The van der Waals surface area contributed by atoms with Gasteiger partial charge in [-0.25, -0.2) is 0 Å². The third kappa shape index (κ3) is 3.90. The average molecular weight is 238 g/mol. The van der Waals surface area contributed by atoms with Crippen LogP contribution >= 0.6 is 0 Å². The Balaban J connectivity index is 2.33. The van der Waals surface area contributed by atoms with Crippen LogP contribution in [0.5, 0.6) is 0 Å². The molecular formula is C11H18N4O2. The molecule has 1 heterocycles. The quantitative estimate of drug-likeness (QED) is 0.626. The van der Waals surface area contributed by atoms with Gasteiger partial charge in [-0.3, -0.25) is 14.7 Å². The van der Waals surface area contributed by atoms with Gasteiger partial charge in [-0.15, -0.1) is 0 Å². The van der Waals surface area contributed by atoms with Gasteiger partial charge in [0.15, 0.2) is 0 Å². The number of primary amides is 1.